The summed E-state index contributed by atoms with van der Waals surface area (Å²) >= 11 is 0. The van der Waals surface area contributed by atoms with Crippen LogP contribution in [0.3, 0.4) is 0 Å². The van der Waals surface area contributed by atoms with Crippen molar-refractivity contribution in [2.75, 3.05) is 20.8 Å². The first kappa shape index (κ1) is 25.4. The molecular formula is C33H33NO5. The van der Waals surface area contributed by atoms with Crippen LogP contribution in [0.4, 0.5) is 0 Å². The van der Waals surface area contributed by atoms with E-state index in [0.717, 1.165) is 35.6 Å². The molecule has 2 amide bonds. The summed E-state index contributed by atoms with van der Waals surface area (Å²) < 4.78 is 10.7. The third-order valence-corrected chi connectivity index (χ3v) is 8.85. The molecule has 1 aliphatic heterocycles. The van der Waals surface area contributed by atoms with Gasteiger partial charge in [0.05, 0.1) is 26.1 Å². The number of likely N-dealkylation sites (tertiary alicyclic amines) is 1. The minimum absolute atomic E-state index is 0.0212. The first-order valence-corrected chi connectivity index (χ1v) is 13.8. The Labute approximate surface area is 228 Å². The normalized spacial score (nSPS) is 23.9. The first-order valence-electron chi connectivity index (χ1n) is 13.8. The fraction of sp³-hybridized carbons (Fsp3) is 0.364. The Bertz CT molecular complexity index is 1490. The van der Waals surface area contributed by atoms with E-state index in [0.29, 0.717) is 30.0 Å². The predicted molar refractivity (Wildman–Crippen MR) is 149 cm³/mol. The zero-order chi connectivity index (χ0) is 27.1. The van der Waals surface area contributed by atoms with Crippen molar-refractivity contribution in [3.05, 3.63) is 83.4 Å². The average molecular weight is 524 g/mol. The number of carbonyl (C=O) groups excluding carboxylic acids is 3. The van der Waals surface area contributed by atoms with E-state index in [9.17, 15) is 14.4 Å². The molecule has 1 saturated heterocycles. The van der Waals surface area contributed by atoms with E-state index in [-0.39, 0.29) is 41.8 Å². The van der Waals surface area contributed by atoms with Gasteiger partial charge >= 0.3 is 0 Å². The summed E-state index contributed by atoms with van der Waals surface area (Å²) in [5.74, 6) is 0.0646. The number of Topliss-reactive ketones (excluding diaryl/α,β-unsaturated/α-hetero) is 1. The van der Waals surface area contributed by atoms with Crippen molar-refractivity contribution in [2.24, 2.45) is 23.7 Å². The van der Waals surface area contributed by atoms with Crippen molar-refractivity contribution in [1.82, 2.24) is 4.90 Å². The van der Waals surface area contributed by atoms with Gasteiger partial charge in [-0.05, 0) is 66.0 Å². The lowest BCUT2D eigenvalue weighted by atomic mass is 9.67. The van der Waals surface area contributed by atoms with Gasteiger partial charge in [0.1, 0.15) is 0 Å². The molecule has 3 aromatic rings. The van der Waals surface area contributed by atoms with Crippen LogP contribution in [0.1, 0.15) is 41.6 Å². The molecule has 3 aromatic carbocycles. The van der Waals surface area contributed by atoms with Crippen LogP contribution >= 0.6 is 0 Å². The molecule has 3 aliphatic rings. The summed E-state index contributed by atoms with van der Waals surface area (Å²) in [6.45, 7) is 0.312. The smallest absolute Gasteiger partial charge is 0.233 e. The quantitative estimate of drug-likeness (QED) is 0.217. The molecule has 2 unspecified atom stereocenters. The van der Waals surface area contributed by atoms with Crippen LogP contribution in [-0.2, 0) is 16.0 Å². The second kappa shape index (κ2) is 10.3. The molecule has 39 heavy (non-hydrogen) atoms. The maximum atomic E-state index is 13.8. The molecule has 1 saturated carbocycles. The minimum Gasteiger partial charge on any atom is -0.493 e. The number of hydrogen-bond acceptors (Lipinski definition) is 5. The highest BCUT2D eigenvalue weighted by Gasteiger charge is 2.56. The number of rotatable bonds is 8. The Morgan fingerprint density at radius 3 is 2.51 bits per heavy atom. The van der Waals surface area contributed by atoms with Crippen molar-refractivity contribution in [3.63, 3.8) is 0 Å². The van der Waals surface area contributed by atoms with E-state index in [1.807, 2.05) is 60.7 Å². The fourth-order valence-electron chi connectivity index (χ4n) is 7.02. The van der Waals surface area contributed by atoms with Gasteiger partial charge in [-0.1, -0.05) is 60.2 Å². The third-order valence-electron chi connectivity index (χ3n) is 8.85. The molecule has 6 rings (SSSR count). The summed E-state index contributed by atoms with van der Waals surface area (Å²) in [6, 6.07) is 19.3. The topological polar surface area (TPSA) is 72.9 Å². The number of fused-ring (bicyclic) bond motifs is 4. The molecule has 0 aromatic heterocycles. The Kier molecular flexibility index (Phi) is 6.71. The highest BCUT2D eigenvalue weighted by molar-refractivity contribution is 6.09. The van der Waals surface area contributed by atoms with Gasteiger partial charge in [-0.2, -0.15) is 0 Å². The molecule has 0 radical (unpaired) electrons. The molecule has 1 heterocycles. The maximum absolute atomic E-state index is 13.8. The SMILES string of the molecule is COc1ccc(CCN2C(=O)C3C(C2=O)[C@@H]2CCCC2=C[C@@H]3CC(=O)c2cccc3ccccc23)cc1OC. The third kappa shape index (κ3) is 4.42. The lowest BCUT2D eigenvalue weighted by molar-refractivity contribution is -0.140. The number of carbonyl (C=O) groups is 3. The summed E-state index contributed by atoms with van der Waals surface area (Å²) in [6.07, 6.45) is 5.83. The van der Waals surface area contributed by atoms with Crippen LogP contribution in [0, 0.1) is 23.7 Å². The molecule has 2 aliphatic carbocycles. The molecule has 0 N–H and O–H groups in total. The van der Waals surface area contributed by atoms with Crippen molar-refractivity contribution >= 4 is 28.4 Å². The van der Waals surface area contributed by atoms with E-state index < -0.39 is 5.92 Å². The first-order chi connectivity index (χ1) is 19.0. The van der Waals surface area contributed by atoms with Crippen LogP contribution in [0.15, 0.2) is 72.3 Å². The Morgan fingerprint density at radius 2 is 1.69 bits per heavy atom. The standard InChI is InChI=1S/C33H33NO5/c1-38-28-14-13-20(17-29(28)39-2)15-16-34-32(36)30-23(18-22-9-6-11-25(22)31(30)33(34)37)19-27(35)26-12-5-8-21-7-3-4-10-24(21)26/h3-5,7-8,10,12-14,17-18,23,25,30-31H,6,9,11,15-16,19H2,1-2H3/t23-,25-,30?,31?/m1/s1. The summed E-state index contributed by atoms with van der Waals surface area (Å²) in [7, 11) is 3.18. The van der Waals surface area contributed by atoms with Gasteiger partial charge in [0, 0.05) is 18.5 Å². The second-order valence-corrected chi connectivity index (χ2v) is 10.9. The van der Waals surface area contributed by atoms with Gasteiger partial charge < -0.3 is 9.47 Å². The molecule has 6 heteroatoms. The summed E-state index contributed by atoms with van der Waals surface area (Å²) in [4.78, 5) is 42.7. The van der Waals surface area contributed by atoms with Crippen LogP contribution in [-0.4, -0.2) is 43.3 Å². The highest BCUT2D eigenvalue weighted by atomic mass is 16.5. The van der Waals surface area contributed by atoms with Gasteiger partial charge in [-0.25, -0.2) is 0 Å². The van der Waals surface area contributed by atoms with Crippen molar-refractivity contribution in [1.29, 1.82) is 0 Å². The summed E-state index contributed by atoms with van der Waals surface area (Å²) in [5.41, 5.74) is 2.90. The number of amides is 2. The van der Waals surface area contributed by atoms with Crippen LogP contribution in [0.25, 0.3) is 10.8 Å². The minimum atomic E-state index is -0.478. The lowest BCUT2D eigenvalue weighted by Gasteiger charge is -2.33. The van der Waals surface area contributed by atoms with Gasteiger partial charge in [0.2, 0.25) is 11.8 Å². The Balaban J connectivity index is 1.26. The molecule has 0 spiro atoms. The second-order valence-electron chi connectivity index (χ2n) is 10.9. The number of ether oxygens (including phenoxy) is 2. The monoisotopic (exact) mass is 523 g/mol. The molecule has 6 nitrogen and oxygen atoms in total. The van der Waals surface area contributed by atoms with Gasteiger partial charge in [-0.15, -0.1) is 0 Å². The van der Waals surface area contributed by atoms with Gasteiger partial charge in [0.15, 0.2) is 17.3 Å². The van der Waals surface area contributed by atoms with Crippen molar-refractivity contribution in [2.45, 2.75) is 32.1 Å². The number of allylic oxidation sites excluding steroid dienone is 2. The van der Waals surface area contributed by atoms with Gasteiger partial charge in [-0.3, -0.25) is 19.3 Å². The van der Waals surface area contributed by atoms with Crippen molar-refractivity contribution in [3.8, 4) is 11.5 Å². The van der Waals surface area contributed by atoms with E-state index in [1.165, 1.54) is 10.5 Å². The number of nitrogens with zero attached hydrogens (tertiary/aromatic N) is 1. The number of hydrogen-bond donors (Lipinski definition) is 0. The number of ketones is 1. The van der Waals surface area contributed by atoms with Crippen LogP contribution < -0.4 is 9.47 Å². The Morgan fingerprint density at radius 1 is 0.923 bits per heavy atom. The largest absolute Gasteiger partial charge is 0.493 e. The molecule has 2 fully saturated rings. The number of methoxy groups -OCH3 is 2. The van der Waals surface area contributed by atoms with E-state index >= 15 is 0 Å². The highest BCUT2D eigenvalue weighted by Crippen LogP contribution is 2.51. The zero-order valence-electron chi connectivity index (χ0n) is 22.4. The molecule has 200 valence electrons. The number of benzene rings is 3. The zero-order valence-corrected chi connectivity index (χ0v) is 22.4. The van der Waals surface area contributed by atoms with Crippen molar-refractivity contribution < 1.29 is 23.9 Å². The fourth-order valence-corrected chi connectivity index (χ4v) is 7.02. The van der Waals surface area contributed by atoms with Crippen LogP contribution in [0.2, 0.25) is 0 Å². The van der Waals surface area contributed by atoms with E-state index in [2.05, 4.69) is 6.08 Å². The number of imide groups is 1. The van der Waals surface area contributed by atoms with Crippen LogP contribution in [0.5, 0.6) is 11.5 Å². The van der Waals surface area contributed by atoms with E-state index in [1.54, 1.807) is 14.2 Å². The van der Waals surface area contributed by atoms with Gasteiger partial charge in [0.25, 0.3) is 0 Å². The predicted octanol–water partition coefficient (Wildman–Crippen LogP) is 5.63. The average Bonchev–Trinajstić information content (AvgIpc) is 3.53. The Hall–Kier alpha value is -3.93. The lowest BCUT2D eigenvalue weighted by Crippen LogP contribution is -2.35. The summed E-state index contributed by atoms with van der Waals surface area (Å²) in [5, 5.41) is 1.95. The maximum Gasteiger partial charge on any atom is 0.233 e. The molecular weight excluding hydrogens is 490 g/mol. The molecule has 0 bridgehead atoms. The van der Waals surface area contributed by atoms with E-state index in [4.69, 9.17) is 9.47 Å². The molecule has 4 atom stereocenters.